The number of hydrogen-bond donors (Lipinski definition) is 0. The summed E-state index contributed by atoms with van der Waals surface area (Å²) in [7, 11) is 0. The van der Waals surface area contributed by atoms with E-state index in [0.29, 0.717) is 17.6 Å². The molecule has 0 saturated heterocycles. The quantitative estimate of drug-likeness (QED) is 0.462. The summed E-state index contributed by atoms with van der Waals surface area (Å²) in [6.45, 7) is 0. The van der Waals surface area contributed by atoms with Crippen molar-refractivity contribution in [1.82, 2.24) is 0 Å². The van der Waals surface area contributed by atoms with Crippen molar-refractivity contribution in [2.45, 2.75) is 43.4 Å². The van der Waals surface area contributed by atoms with Crippen LogP contribution in [0.3, 0.4) is 0 Å². The summed E-state index contributed by atoms with van der Waals surface area (Å²) >= 11 is 6.73. The molecule has 2 atom stereocenters. The molecule has 112 valence electrons. The standard InChI is InChI=1S/C17H18ClFO2/c18-17-8-11-5-12(9-17)7-16(6-11,10-17)15(20)21-14-3-1-13(19)2-4-14/h1-4,11-12H,5-10H2. The first-order valence-corrected chi connectivity index (χ1v) is 8.01. The molecule has 2 nitrogen and oxygen atoms in total. The molecule has 0 N–H and O–H groups in total. The Morgan fingerprint density at radius 1 is 1.14 bits per heavy atom. The highest BCUT2D eigenvalue weighted by atomic mass is 35.5. The lowest BCUT2D eigenvalue weighted by molar-refractivity contribution is -0.160. The van der Waals surface area contributed by atoms with Gasteiger partial charge in [-0.1, -0.05) is 0 Å². The number of hydrogen-bond acceptors (Lipinski definition) is 2. The van der Waals surface area contributed by atoms with Gasteiger partial charge >= 0.3 is 5.97 Å². The average Bonchev–Trinajstić information content (AvgIpc) is 2.38. The zero-order valence-corrected chi connectivity index (χ0v) is 12.5. The van der Waals surface area contributed by atoms with E-state index in [1.54, 1.807) is 0 Å². The number of ether oxygens (including phenoxy) is 1. The highest BCUT2D eigenvalue weighted by Gasteiger charge is 2.60. The molecule has 0 heterocycles. The Morgan fingerprint density at radius 2 is 1.76 bits per heavy atom. The number of rotatable bonds is 2. The maximum absolute atomic E-state index is 12.9. The van der Waals surface area contributed by atoms with Gasteiger partial charge in [0, 0.05) is 4.87 Å². The molecule has 1 aromatic carbocycles. The van der Waals surface area contributed by atoms with Crippen LogP contribution < -0.4 is 4.74 Å². The molecule has 0 amide bonds. The van der Waals surface area contributed by atoms with E-state index in [0.717, 1.165) is 32.1 Å². The molecule has 2 unspecified atom stereocenters. The van der Waals surface area contributed by atoms with Gasteiger partial charge in [-0.3, -0.25) is 4.79 Å². The first kappa shape index (κ1) is 13.6. The summed E-state index contributed by atoms with van der Waals surface area (Å²) in [5.74, 6) is 1.03. The van der Waals surface area contributed by atoms with E-state index in [9.17, 15) is 9.18 Å². The molecule has 4 saturated carbocycles. The van der Waals surface area contributed by atoms with Crippen molar-refractivity contribution in [3.63, 3.8) is 0 Å². The SMILES string of the molecule is O=C(Oc1ccc(F)cc1)C12CC3CC(CC(Cl)(C3)C1)C2. The van der Waals surface area contributed by atoms with Crippen LogP contribution in [0.1, 0.15) is 38.5 Å². The second kappa shape index (κ2) is 4.45. The first-order valence-electron chi connectivity index (χ1n) is 7.63. The lowest BCUT2D eigenvalue weighted by Gasteiger charge is -2.58. The molecule has 4 aliphatic rings. The number of halogens is 2. The zero-order chi connectivity index (χ0) is 14.7. The molecule has 4 bridgehead atoms. The molecule has 4 aliphatic carbocycles. The van der Waals surface area contributed by atoms with Crippen LogP contribution in [-0.2, 0) is 4.79 Å². The van der Waals surface area contributed by atoms with E-state index >= 15 is 0 Å². The van der Waals surface area contributed by atoms with Gasteiger partial charge < -0.3 is 4.74 Å². The Hall–Kier alpha value is -1.09. The lowest BCUT2D eigenvalue weighted by Crippen LogP contribution is -2.56. The number of alkyl halides is 1. The third-order valence-corrected chi connectivity index (χ3v) is 5.89. The molecule has 5 rings (SSSR count). The van der Waals surface area contributed by atoms with Crippen LogP contribution in [-0.4, -0.2) is 10.8 Å². The van der Waals surface area contributed by atoms with Crippen LogP contribution in [0, 0.1) is 23.1 Å². The van der Waals surface area contributed by atoms with Crippen molar-refractivity contribution >= 4 is 17.6 Å². The van der Waals surface area contributed by atoms with E-state index in [1.165, 1.54) is 30.7 Å². The van der Waals surface area contributed by atoms with E-state index in [-0.39, 0.29) is 16.7 Å². The normalized spacial score (nSPS) is 40.3. The summed E-state index contributed by atoms with van der Waals surface area (Å²) in [4.78, 5) is 12.5. The van der Waals surface area contributed by atoms with Gasteiger partial charge in [-0.15, -0.1) is 11.6 Å². The van der Waals surface area contributed by atoms with Gasteiger partial charge in [-0.2, -0.15) is 0 Å². The molecule has 4 heteroatoms. The molecular formula is C17H18ClFO2. The van der Waals surface area contributed by atoms with Crippen LogP contribution >= 0.6 is 11.6 Å². The van der Waals surface area contributed by atoms with Crippen molar-refractivity contribution in [3.8, 4) is 5.75 Å². The molecule has 4 fully saturated rings. The minimum Gasteiger partial charge on any atom is -0.426 e. The smallest absolute Gasteiger partial charge is 0.317 e. The monoisotopic (exact) mass is 308 g/mol. The molecule has 0 spiro atoms. The second-order valence-corrected chi connectivity index (χ2v) is 8.04. The van der Waals surface area contributed by atoms with Crippen molar-refractivity contribution in [2.75, 3.05) is 0 Å². The Kier molecular flexibility index (Phi) is 2.88. The highest BCUT2D eigenvalue weighted by Crippen LogP contribution is 2.64. The lowest BCUT2D eigenvalue weighted by atomic mass is 9.49. The molecule has 1 aromatic rings. The fourth-order valence-electron chi connectivity index (χ4n) is 5.11. The van der Waals surface area contributed by atoms with Crippen LogP contribution in [0.2, 0.25) is 0 Å². The number of esters is 1. The zero-order valence-electron chi connectivity index (χ0n) is 11.8. The van der Waals surface area contributed by atoms with Gasteiger partial charge in [0.1, 0.15) is 11.6 Å². The largest absolute Gasteiger partial charge is 0.426 e. The fourth-order valence-corrected chi connectivity index (χ4v) is 5.80. The predicted octanol–water partition coefficient (Wildman–Crippen LogP) is 4.31. The topological polar surface area (TPSA) is 26.3 Å². The number of carbonyl (C=O) groups excluding carboxylic acids is 1. The summed E-state index contributed by atoms with van der Waals surface area (Å²) in [6.07, 6.45) is 5.82. The van der Waals surface area contributed by atoms with E-state index in [1.807, 2.05) is 0 Å². The summed E-state index contributed by atoms with van der Waals surface area (Å²) in [5, 5.41) is 0. The number of benzene rings is 1. The Morgan fingerprint density at radius 3 is 2.33 bits per heavy atom. The van der Waals surface area contributed by atoms with Gasteiger partial charge in [-0.25, -0.2) is 4.39 Å². The summed E-state index contributed by atoms with van der Waals surface area (Å²) < 4.78 is 18.5. The Labute approximate surface area is 128 Å². The predicted molar refractivity (Wildman–Crippen MR) is 77.7 cm³/mol. The summed E-state index contributed by atoms with van der Waals surface area (Å²) in [6, 6.07) is 5.63. The van der Waals surface area contributed by atoms with Crippen LogP contribution in [0.15, 0.2) is 24.3 Å². The van der Waals surface area contributed by atoms with Crippen molar-refractivity contribution < 1.29 is 13.9 Å². The van der Waals surface area contributed by atoms with Crippen LogP contribution in [0.4, 0.5) is 4.39 Å². The second-order valence-electron chi connectivity index (χ2n) is 7.24. The van der Waals surface area contributed by atoms with E-state index in [2.05, 4.69) is 0 Å². The Balaban J connectivity index is 1.57. The fraction of sp³-hybridized carbons (Fsp3) is 0.588. The van der Waals surface area contributed by atoms with Crippen LogP contribution in [0.25, 0.3) is 0 Å². The minimum atomic E-state index is -0.416. The van der Waals surface area contributed by atoms with Gasteiger partial charge in [-0.05, 0) is 74.6 Å². The highest BCUT2D eigenvalue weighted by molar-refractivity contribution is 6.24. The Bertz CT molecular complexity index is 569. The van der Waals surface area contributed by atoms with Gasteiger partial charge in [0.2, 0.25) is 0 Å². The maximum Gasteiger partial charge on any atom is 0.317 e. The van der Waals surface area contributed by atoms with Crippen molar-refractivity contribution in [2.24, 2.45) is 17.3 Å². The molecule has 0 radical (unpaired) electrons. The summed E-state index contributed by atoms with van der Waals surface area (Å²) in [5.41, 5.74) is -0.416. The third-order valence-electron chi connectivity index (χ3n) is 5.45. The van der Waals surface area contributed by atoms with Crippen molar-refractivity contribution in [3.05, 3.63) is 30.1 Å². The molecular weight excluding hydrogens is 291 g/mol. The van der Waals surface area contributed by atoms with E-state index in [4.69, 9.17) is 16.3 Å². The van der Waals surface area contributed by atoms with Gasteiger partial charge in [0.05, 0.1) is 5.41 Å². The minimum absolute atomic E-state index is 0.173. The van der Waals surface area contributed by atoms with Crippen LogP contribution in [0.5, 0.6) is 5.75 Å². The third kappa shape index (κ3) is 2.26. The average molecular weight is 309 g/mol. The molecule has 0 aromatic heterocycles. The van der Waals surface area contributed by atoms with E-state index < -0.39 is 5.41 Å². The first-order chi connectivity index (χ1) is 9.96. The maximum atomic E-state index is 12.9. The molecule has 0 aliphatic heterocycles. The van der Waals surface area contributed by atoms with Gasteiger partial charge in [0.15, 0.2) is 0 Å². The van der Waals surface area contributed by atoms with Gasteiger partial charge in [0.25, 0.3) is 0 Å². The number of carbonyl (C=O) groups is 1. The van der Waals surface area contributed by atoms with Crippen molar-refractivity contribution in [1.29, 1.82) is 0 Å². The molecule has 21 heavy (non-hydrogen) atoms.